The van der Waals surface area contributed by atoms with E-state index in [0.29, 0.717) is 0 Å². The molecule has 0 aliphatic carbocycles. The lowest BCUT2D eigenvalue weighted by molar-refractivity contribution is -0.128. The van der Waals surface area contributed by atoms with Crippen LogP contribution in [0.3, 0.4) is 0 Å². The molecule has 124 valence electrons. The van der Waals surface area contributed by atoms with Crippen molar-refractivity contribution in [1.29, 1.82) is 0 Å². The second-order valence-corrected chi connectivity index (χ2v) is 5.74. The molecule has 0 radical (unpaired) electrons. The predicted octanol–water partition coefficient (Wildman–Crippen LogP) is 2.56. The van der Waals surface area contributed by atoms with Crippen LogP contribution in [0.1, 0.15) is 5.56 Å². The first-order valence-electron chi connectivity index (χ1n) is 7.61. The van der Waals surface area contributed by atoms with Gasteiger partial charge in [0.05, 0.1) is 0 Å². The molecule has 1 aromatic carbocycles. The molecular formula is C19H15N3O2S. The molecule has 1 N–H and O–H groups in total. The normalized spacial score (nSPS) is 16.1. The van der Waals surface area contributed by atoms with Crippen molar-refractivity contribution in [1.82, 2.24) is 15.2 Å². The van der Waals surface area contributed by atoms with Gasteiger partial charge >= 0.3 is 0 Å². The Balaban J connectivity index is 2.06. The van der Waals surface area contributed by atoms with E-state index in [1.807, 2.05) is 36.4 Å². The highest BCUT2D eigenvalue weighted by molar-refractivity contribution is 7.80. The SMILES string of the molecule is C=CCN1C(=O)C(=Cc2ccccc2-c2cccnc2)C(=O)NC1=S. The van der Waals surface area contributed by atoms with Crippen LogP contribution >= 0.6 is 12.2 Å². The number of hydrogen-bond acceptors (Lipinski definition) is 4. The summed E-state index contributed by atoms with van der Waals surface area (Å²) in [5.41, 5.74) is 2.57. The lowest BCUT2D eigenvalue weighted by Crippen LogP contribution is -2.53. The number of amides is 2. The molecule has 2 heterocycles. The minimum Gasteiger partial charge on any atom is -0.298 e. The number of nitrogens with zero attached hydrogens (tertiary/aromatic N) is 2. The fourth-order valence-corrected chi connectivity index (χ4v) is 2.80. The van der Waals surface area contributed by atoms with Crippen LogP contribution in [0.5, 0.6) is 0 Å². The van der Waals surface area contributed by atoms with Crippen LogP contribution < -0.4 is 5.32 Å². The third-order valence-electron chi connectivity index (χ3n) is 3.73. The van der Waals surface area contributed by atoms with Gasteiger partial charge in [-0.2, -0.15) is 0 Å². The van der Waals surface area contributed by atoms with Crippen molar-refractivity contribution < 1.29 is 9.59 Å². The second kappa shape index (κ2) is 7.19. The van der Waals surface area contributed by atoms with Gasteiger partial charge in [0.1, 0.15) is 5.57 Å². The number of benzene rings is 1. The summed E-state index contributed by atoms with van der Waals surface area (Å²) >= 11 is 5.06. The predicted molar refractivity (Wildman–Crippen MR) is 100 cm³/mol. The number of thiocarbonyl (C=S) groups is 1. The molecule has 2 amide bonds. The number of aromatic nitrogens is 1. The Labute approximate surface area is 150 Å². The van der Waals surface area contributed by atoms with Crippen LogP contribution in [0.2, 0.25) is 0 Å². The lowest BCUT2D eigenvalue weighted by Gasteiger charge is -2.27. The van der Waals surface area contributed by atoms with Crippen molar-refractivity contribution >= 4 is 35.2 Å². The highest BCUT2D eigenvalue weighted by Crippen LogP contribution is 2.25. The number of hydrogen-bond donors (Lipinski definition) is 1. The maximum atomic E-state index is 12.6. The number of carbonyl (C=O) groups is 2. The van der Waals surface area contributed by atoms with Gasteiger partial charge in [0.2, 0.25) is 0 Å². The Morgan fingerprint density at radius 1 is 1.20 bits per heavy atom. The van der Waals surface area contributed by atoms with Crippen molar-refractivity contribution in [2.45, 2.75) is 0 Å². The van der Waals surface area contributed by atoms with E-state index in [-0.39, 0.29) is 17.2 Å². The van der Waals surface area contributed by atoms with Crippen molar-refractivity contribution in [3.8, 4) is 11.1 Å². The van der Waals surface area contributed by atoms with Crippen LogP contribution in [-0.4, -0.2) is 33.4 Å². The largest absolute Gasteiger partial charge is 0.298 e. The minimum absolute atomic E-state index is 0.0341. The fourth-order valence-electron chi connectivity index (χ4n) is 2.55. The summed E-state index contributed by atoms with van der Waals surface area (Å²) in [5.74, 6) is -0.939. The summed E-state index contributed by atoms with van der Waals surface area (Å²) in [6.07, 6.45) is 6.57. The molecule has 25 heavy (non-hydrogen) atoms. The van der Waals surface area contributed by atoms with E-state index in [4.69, 9.17) is 12.2 Å². The molecule has 0 spiro atoms. The average molecular weight is 349 g/mol. The molecule has 2 aromatic rings. The molecule has 1 aliphatic rings. The van der Waals surface area contributed by atoms with Crippen molar-refractivity contribution in [2.75, 3.05) is 6.54 Å². The monoisotopic (exact) mass is 349 g/mol. The van der Waals surface area contributed by atoms with Gasteiger partial charge in [-0.25, -0.2) is 0 Å². The Bertz CT molecular complexity index is 891. The second-order valence-electron chi connectivity index (χ2n) is 5.35. The third kappa shape index (κ3) is 3.39. The number of carbonyl (C=O) groups excluding carboxylic acids is 2. The van der Waals surface area contributed by atoms with E-state index in [1.165, 1.54) is 4.90 Å². The molecule has 1 fully saturated rings. The van der Waals surface area contributed by atoms with Gasteiger partial charge in [0.25, 0.3) is 11.8 Å². The Morgan fingerprint density at radius 2 is 2.00 bits per heavy atom. The zero-order valence-electron chi connectivity index (χ0n) is 13.3. The first-order valence-corrected chi connectivity index (χ1v) is 8.02. The molecule has 0 atom stereocenters. The highest BCUT2D eigenvalue weighted by atomic mass is 32.1. The molecule has 5 nitrogen and oxygen atoms in total. The van der Waals surface area contributed by atoms with Gasteiger partial charge in [-0.05, 0) is 35.5 Å². The molecule has 1 saturated heterocycles. The summed E-state index contributed by atoms with van der Waals surface area (Å²) in [6.45, 7) is 3.85. The highest BCUT2D eigenvalue weighted by Gasteiger charge is 2.32. The standard InChI is InChI=1S/C19H15N3O2S/c1-2-10-22-18(24)16(17(23)21-19(22)25)11-13-6-3-4-8-15(13)14-7-5-9-20-12-14/h2-9,11-12H,1,10H2,(H,21,23,25). The van der Waals surface area contributed by atoms with E-state index in [9.17, 15) is 9.59 Å². The summed E-state index contributed by atoms with van der Waals surface area (Å²) in [6, 6.07) is 11.3. The Kier molecular flexibility index (Phi) is 4.81. The topological polar surface area (TPSA) is 62.3 Å². The first kappa shape index (κ1) is 16.7. The average Bonchev–Trinajstić information content (AvgIpc) is 2.63. The zero-order valence-corrected chi connectivity index (χ0v) is 14.1. The molecule has 3 rings (SSSR count). The van der Waals surface area contributed by atoms with Crippen LogP contribution in [-0.2, 0) is 9.59 Å². The molecule has 0 unspecified atom stereocenters. The maximum absolute atomic E-state index is 12.6. The van der Waals surface area contributed by atoms with E-state index >= 15 is 0 Å². The minimum atomic E-state index is -0.503. The van der Waals surface area contributed by atoms with Crippen molar-refractivity contribution in [3.63, 3.8) is 0 Å². The van der Waals surface area contributed by atoms with Crippen LogP contribution in [0.25, 0.3) is 17.2 Å². The summed E-state index contributed by atoms with van der Waals surface area (Å²) in [4.78, 5) is 30.3. The van der Waals surface area contributed by atoms with Gasteiger partial charge < -0.3 is 0 Å². The summed E-state index contributed by atoms with van der Waals surface area (Å²) in [5, 5.41) is 2.63. The zero-order chi connectivity index (χ0) is 17.8. The molecule has 1 aliphatic heterocycles. The molecule has 6 heteroatoms. The van der Waals surface area contributed by atoms with Gasteiger partial charge in [-0.3, -0.25) is 24.8 Å². The van der Waals surface area contributed by atoms with Gasteiger partial charge in [-0.1, -0.05) is 36.4 Å². The van der Waals surface area contributed by atoms with Crippen LogP contribution in [0.4, 0.5) is 0 Å². The van der Waals surface area contributed by atoms with Gasteiger partial charge in [0.15, 0.2) is 5.11 Å². The van der Waals surface area contributed by atoms with Gasteiger partial charge in [-0.15, -0.1) is 6.58 Å². The summed E-state index contributed by atoms with van der Waals surface area (Å²) in [7, 11) is 0. The quantitative estimate of drug-likeness (QED) is 0.399. The van der Waals surface area contributed by atoms with E-state index in [1.54, 1.807) is 24.5 Å². The van der Waals surface area contributed by atoms with Gasteiger partial charge in [0, 0.05) is 24.5 Å². The van der Waals surface area contributed by atoms with Crippen molar-refractivity contribution in [3.05, 3.63) is 72.6 Å². The molecule has 0 saturated carbocycles. The number of nitrogens with one attached hydrogen (secondary N) is 1. The maximum Gasteiger partial charge on any atom is 0.265 e. The lowest BCUT2D eigenvalue weighted by atomic mass is 9.98. The molecule has 1 aromatic heterocycles. The van der Waals surface area contributed by atoms with E-state index in [0.717, 1.165) is 16.7 Å². The Morgan fingerprint density at radius 3 is 2.72 bits per heavy atom. The summed E-state index contributed by atoms with van der Waals surface area (Å²) < 4.78 is 0. The van der Waals surface area contributed by atoms with E-state index in [2.05, 4.69) is 16.9 Å². The number of rotatable bonds is 4. The first-order chi connectivity index (χ1) is 12.1. The van der Waals surface area contributed by atoms with Crippen LogP contribution in [0, 0.1) is 0 Å². The fraction of sp³-hybridized carbons (Fsp3) is 0.0526. The third-order valence-corrected chi connectivity index (χ3v) is 4.05. The van der Waals surface area contributed by atoms with Crippen LogP contribution in [0.15, 0.2) is 67.0 Å². The van der Waals surface area contributed by atoms with E-state index < -0.39 is 11.8 Å². The number of pyridine rings is 1. The molecule has 0 bridgehead atoms. The molecular weight excluding hydrogens is 334 g/mol. The van der Waals surface area contributed by atoms with Crippen molar-refractivity contribution in [2.24, 2.45) is 0 Å². The smallest absolute Gasteiger partial charge is 0.265 e. The Hall–Kier alpha value is -3.12.